The maximum atomic E-state index is 13.0. The molecule has 0 saturated carbocycles. The number of nitrogens with zero attached hydrogens (tertiary/aromatic N) is 3. The zero-order chi connectivity index (χ0) is 17.2. The molecule has 24 heavy (non-hydrogen) atoms. The fourth-order valence-corrected chi connectivity index (χ4v) is 4.83. The number of sulfonamides is 1. The predicted octanol–water partition coefficient (Wildman–Crippen LogP) is 2.57. The molecule has 1 aromatic carbocycles. The second kappa shape index (κ2) is 7.03. The lowest BCUT2D eigenvalue weighted by molar-refractivity contribution is 0.244. The lowest BCUT2D eigenvalue weighted by Gasteiger charge is -2.32. The number of hydrogen-bond acceptors (Lipinski definition) is 3. The van der Waals surface area contributed by atoms with Gasteiger partial charge >= 0.3 is 0 Å². The molecule has 5 nitrogen and oxygen atoms in total. The van der Waals surface area contributed by atoms with Crippen molar-refractivity contribution in [2.24, 2.45) is 5.92 Å². The van der Waals surface area contributed by atoms with Crippen LogP contribution in [0.2, 0.25) is 0 Å². The summed E-state index contributed by atoms with van der Waals surface area (Å²) in [7, 11) is -3.39. The smallest absolute Gasteiger partial charge is 0.218 e. The Hall–Kier alpha value is -1.73. The van der Waals surface area contributed by atoms with Crippen LogP contribution in [0.15, 0.2) is 36.7 Å². The molecule has 1 aliphatic rings. The van der Waals surface area contributed by atoms with Crippen molar-refractivity contribution in [1.29, 1.82) is 0 Å². The highest BCUT2D eigenvalue weighted by atomic mass is 32.2. The SMILES string of the molecule is Cc1nccn1CC1CCCN(S(=O)(=O)Cc2ccc(F)cc2)C1. The van der Waals surface area contributed by atoms with Gasteiger partial charge in [0.25, 0.3) is 0 Å². The van der Waals surface area contributed by atoms with Gasteiger partial charge in [0, 0.05) is 32.0 Å². The summed E-state index contributed by atoms with van der Waals surface area (Å²) in [6.45, 7) is 3.82. The van der Waals surface area contributed by atoms with Gasteiger partial charge in [-0.15, -0.1) is 0 Å². The number of rotatable bonds is 5. The molecule has 0 amide bonds. The van der Waals surface area contributed by atoms with E-state index >= 15 is 0 Å². The van der Waals surface area contributed by atoms with Crippen LogP contribution in [-0.4, -0.2) is 35.4 Å². The predicted molar refractivity (Wildman–Crippen MR) is 90.3 cm³/mol. The standard InChI is InChI=1S/C17H22FN3O2S/c1-14-19-8-10-20(14)11-16-3-2-9-21(12-16)24(22,23)13-15-4-6-17(18)7-5-15/h4-8,10,16H,2-3,9,11-13H2,1H3. The molecule has 2 heterocycles. The van der Waals surface area contributed by atoms with Gasteiger partial charge in [-0.2, -0.15) is 0 Å². The van der Waals surface area contributed by atoms with Gasteiger partial charge in [0.15, 0.2) is 0 Å². The maximum absolute atomic E-state index is 13.0. The number of benzene rings is 1. The molecule has 0 bridgehead atoms. The van der Waals surface area contributed by atoms with Crippen molar-refractivity contribution in [3.05, 3.63) is 53.9 Å². The average Bonchev–Trinajstić information content (AvgIpc) is 2.95. The van der Waals surface area contributed by atoms with Crippen molar-refractivity contribution < 1.29 is 12.8 Å². The third kappa shape index (κ3) is 4.02. The highest BCUT2D eigenvalue weighted by molar-refractivity contribution is 7.88. The van der Waals surface area contributed by atoms with E-state index in [9.17, 15) is 12.8 Å². The van der Waals surface area contributed by atoms with Crippen molar-refractivity contribution >= 4 is 10.0 Å². The summed E-state index contributed by atoms with van der Waals surface area (Å²) in [5, 5.41) is 0. The highest BCUT2D eigenvalue weighted by Gasteiger charge is 2.29. The third-order valence-corrected chi connectivity index (χ3v) is 6.33. The van der Waals surface area contributed by atoms with Crippen LogP contribution in [-0.2, 0) is 22.3 Å². The molecule has 1 aromatic heterocycles. The average molecular weight is 351 g/mol. The van der Waals surface area contributed by atoms with E-state index in [0.29, 0.717) is 18.7 Å². The molecule has 1 atom stereocenters. The summed E-state index contributed by atoms with van der Waals surface area (Å²) in [4.78, 5) is 4.21. The summed E-state index contributed by atoms with van der Waals surface area (Å²) in [5.41, 5.74) is 0.615. The summed E-state index contributed by atoms with van der Waals surface area (Å²) >= 11 is 0. The zero-order valence-electron chi connectivity index (χ0n) is 13.7. The first-order chi connectivity index (χ1) is 11.4. The number of halogens is 1. The molecule has 1 fully saturated rings. The minimum atomic E-state index is -3.39. The van der Waals surface area contributed by atoms with Crippen LogP contribution in [0.25, 0.3) is 0 Å². The minimum absolute atomic E-state index is 0.0793. The van der Waals surface area contributed by atoms with Crippen molar-refractivity contribution in [2.45, 2.75) is 32.1 Å². The monoisotopic (exact) mass is 351 g/mol. The number of aromatic nitrogens is 2. The second-order valence-corrected chi connectivity index (χ2v) is 8.34. The maximum Gasteiger partial charge on any atom is 0.218 e. The normalized spacial score (nSPS) is 19.5. The summed E-state index contributed by atoms with van der Waals surface area (Å²) in [6.07, 6.45) is 5.57. The van der Waals surface area contributed by atoms with E-state index in [1.807, 2.05) is 13.1 Å². The third-order valence-electron chi connectivity index (χ3n) is 4.52. The molecular formula is C17H22FN3O2S. The van der Waals surface area contributed by atoms with Crippen LogP contribution in [0.3, 0.4) is 0 Å². The Morgan fingerprint density at radius 2 is 2.04 bits per heavy atom. The molecule has 7 heteroatoms. The number of hydrogen-bond donors (Lipinski definition) is 0. The van der Waals surface area contributed by atoms with E-state index in [2.05, 4.69) is 9.55 Å². The Balaban J connectivity index is 1.66. The molecule has 1 aliphatic heterocycles. The minimum Gasteiger partial charge on any atom is -0.335 e. The lowest BCUT2D eigenvalue weighted by Crippen LogP contribution is -2.41. The van der Waals surface area contributed by atoms with Gasteiger partial charge in [0.05, 0.1) is 5.75 Å². The Morgan fingerprint density at radius 1 is 1.29 bits per heavy atom. The molecule has 0 N–H and O–H groups in total. The fourth-order valence-electron chi connectivity index (χ4n) is 3.19. The van der Waals surface area contributed by atoms with Gasteiger partial charge in [0.1, 0.15) is 11.6 Å². The number of imidazole rings is 1. The second-order valence-electron chi connectivity index (χ2n) is 6.38. The topological polar surface area (TPSA) is 55.2 Å². The van der Waals surface area contributed by atoms with E-state index in [4.69, 9.17) is 0 Å². The van der Waals surface area contributed by atoms with Crippen LogP contribution in [0, 0.1) is 18.7 Å². The van der Waals surface area contributed by atoms with Crippen LogP contribution in [0.5, 0.6) is 0 Å². The van der Waals surface area contributed by atoms with E-state index in [0.717, 1.165) is 25.2 Å². The van der Waals surface area contributed by atoms with Gasteiger partial charge in [-0.3, -0.25) is 0 Å². The first-order valence-electron chi connectivity index (χ1n) is 8.14. The summed E-state index contributed by atoms with van der Waals surface area (Å²) < 4.78 is 42.0. The highest BCUT2D eigenvalue weighted by Crippen LogP contribution is 2.23. The van der Waals surface area contributed by atoms with Crippen LogP contribution in [0.4, 0.5) is 4.39 Å². The Morgan fingerprint density at radius 3 is 2.71 bits per heavy atom. The Labute approximate surface area is 142 Å². The first kappa shape index (κ1) is 17.1. The molecule has 1 saturated heterocycles. The molecule has 0 radical (unpaired) electrons. The zero-order valence-corrected chi connectivity index (χ0v) is 14.5. The lowest BCUT2D eigenvalue weighted by atomic mass is 10.00. The van der Waals surface area contributed by atoms with Gasteiger partial charge < -0.3 is 4.57 Å². The van der Waals surface area contributed by atoms with Gasteiger partial charge in [-0.25, -0.2) is 22.1 Å². The van der Waals surface area contributed by atoms with E-state index in [-0.39, 0.29) is 17.5 Å². The van der Waals surface area contributed by atoms with E-state index in [1.54, 1.807) is 10.5 Å². The van der Waals surface area contributed by atoms with Crippen LogP contribution < -0.4 is 0 Å². The molecule has 130 valence electrons. The van der Waals surface area contributed by atoms with Crippen molar-refractivity contribution in [3.8, 4) is 0 Å². The molecule has 3 rings (SSSR count). The van der Waals surface area contributed by atoms with Gasteiger partial charge in [0.2, 0.25) is 10.0 Å². The molecule has 1 unspecified atom stereocenters. The first-order valence-corrected chi connectivity index (χ1v) is 9.75. The molecule has 0 spiro atoms. The van der Waals surface area contributed by atoms with Gasteiger partial charge in [-0.1, -0.05) is 12.1 Å². The Kier molecular flexibility index (Phi) is 5.01. The van der Waals surface area contributed by atoms with Crippen molar-refractivity contribution in [2.75, 3.05) is 13.1 Å². The molecule has 0 aliphatic carbocycles. The van der Waals surface area contributed by atoms with Gasteiger partial charge in [-0.05, 0) is 43.4 Å². The Bertz CT molecular complexity index is 786. The quantitative estimate of drug-likeness (QED) is 0.832. The van der Waals surface area contributed by atoms with E-state index in [1.165, 1.54) is 24.3 Å². The summed E-state index contributed by atoms with van der Waals surface area (Å²) in [5.74, 6) is 0.796. The summed E-state index contributed by atoms with van der Waals surface area (Å²) in [6, 6.07) is 5.66. The number of piperidine rings is 1. The fraction of sp³-hybridized carbons (Fsp3) is 0.471. The van der Waals surface area contributed by atoms with Crippen LogP contribution >= 0.6 is 0 Å². The van der Waals surface area contributed by atoms with Crippen molar-refractivity contribution in [1.82, 2.24) is 13.9 Å². The van der Waals surface area contributed by atoms with Crippen molar-refractivity contribution in [3.63, 3.8) is 0 Å². The largest absolute Gasteiger partial charge is 0.335 e. The molecule has 2 aromatic rings. The number of aryl methyl sites for hydroxylation is 1. The van der Waals surface area contributed by atoms with E-state index < -0.39 is 10.0 Å². The molecular weight excluding hydrogens is 329 g/mol. The van der Waals surface area contributed by atoms with Crippen LogP contribution in [0.1, 0.15) is 24.2 Å².